The van der Waals surface area contributed by atoms with Gasteiger partial charge in [-0.25, -0.2) is 8.78 Å². The highest BCUT2D eigenvalue weighted by Gasteiger charge is 2.13. The molecule has 0 radical (unpaired) electrons. The molecule has 0 amide bonds. The Balaban J connectivity index is 2.58. The number of hydrogen-bond acceptors (Lipinski definition) is 1. The molecule has 2 rings (SSSR count). The average Bonchev–Trinajstić information content (AvgIpc) is 2.28. The molecule has 0 saturated carbocycles. The summed E-state index contributed by atoms with van der Waals surface area (Å²) in [5.41, 5.74) is 0.803. The summed E-state index contributed by atoms with van der Waals surface area (Å²) in [6.07, 6.45) is -0.302. The number of carboxylic acids is 1. The van der Waals surface area contributed by atoms with Gasteiger partial charge in [0.2, 0.25) is 0 Å². The quantitative estimate of drug-likeness (QED) is 0.905. The van der Waals surface area contributed by atoms with Gasteiger partial charge in [-0.15, -0.1) is 0 Å². The second-order valence-electron chi connectivity index (χ2n) is 3.85. The van der Waals surface area contributed by atoms with Gasteiger partial charge in [-0.1, -0.05) is 24.3 Å². The molecule has 0 spiro atoms. The zero-order valence-corrected chi connectivity index (χ0v) is 9.36. The molecule has 92 valence electrons. The van der Waals surface area contributed by atoms with Crippen LogP contribution >= 0.6 is 0 Å². The maximum atomic E-state index is 13.8. The number of aliphatic carboxylic acids is 1. The molecule has 18 heavy (non-hydrogen) atoms. The SMILES string of the molecule is O=C(O)Cc1cccc(F)c1-c1cccc(F)c1. The summed E-state index contributed by atoms with van der Waals surface area (Å²) < 4.78 is 26.9. The smallest absolute Gasteiger partial charge is 0.307 e. The van der Waals surface area contributed by atoms with Gasteiger partial charge in [0.25, 0.3) is 0 Å². The van der Waals surface area contributed by atoms with Gasteiger partial charge in [0.05, 0.1) is 6.42 Å². The van der Waals surface area contributed by atoms with E-state index in [1.165, 1.54) is 36.4 Å². The van der Waals surface area contributed by atoms with E-state index < -0.39 is 17.6 Å². The van der Waals surface area contributed by atoms with Crippen LogP contribution in [0.15, 0.2) is 42.5 Å². The van der Waals surface area contributed by atoms with Crippen LogP contribution in [-0.4, -0.2) is 11.1 Å². The van der Waals surface area contributed by atoms with E-state index in [0.717, 1.165) is 0 Å². The number of hydrogen-bond donors (Lipinski definition) is 1. The van der Waals surface area contributed by atoms with Crippen LogP contribution in [0, 0.1) is 11.6 Å². The van der Waals surface area contributed by atoms with Gasteiger partial charge in [0, 0.05) is 5.56 Å². The lowest BCUT2D eigenvalue weighted by Crippen LogP contribution is -2.03. The maximum absolute atomic E-state index is 13.8. The van der Waals surface area contributed by atoms with E-state index in [-0.39, 0.29) is 12.0 Å². The molecule has 1 N–H and O–H groups in total. The highest BCUT2D eigenvalue weighted by Crippen LogP contribution is 2.27. The minimum absolute atomic E-state index is 0.138. The number of rotatable bonds is 3. The summed E-state index contributed by atoms with van der Waals surface area (Å²) >= 11 is 0. The molecule has 0 aliphatic rings. The van der Waals surface area contributed by atoms with Gasteiger partial charge in [-0.3, -0.25) is 4.79 Å². The van der Waals surface area contributed by atoms with E-state index in [2.05, 4.69) is 0 Å². The molecule has 2 aromatic rings. The van der Waals surface area contributed by atoms with E-state index in [0.29, 0.717) is 11.1 Å². The second kappa shape index (κ2) is 4.96. The minimum Gasteiger partial charge on any atom is -0.481 e. The van der Waals surface area contributed by atoms with E-state index in [9.17, 15) is 13.6 Å². The molecular formula is C14H10F2O2. The molecular weight excluding hydrogens is 238 g/mol. The zero-order valence-electron chi connectivity index (χ0n) is 9.36. The minimum atomic E-state index is -1.06. The normalized spacial score (nSPS) is 10.3. The third kappa shape index (κ3) is 2.53. The van der Waals surface area contributed by atoms with Crippen molar-refractivity contribution in [3.05, 3.63) is 59.7 Å². The van der Waals surface area contributed by atoms with Crippen LogP contribution in [0.3, 0.4) is 0 Å². The number of benzene rings is 2. The van der Waals surface area contributed by atoms with Crippen molar-refractivity contribution in [1.82, 2.24) is 0 Å². The van der Waals surface area contributed by atoms with Crippen molar-refractivity contribution in [2.24, 2.45) is 0 Å². The van der Waals surface area contributed by atoms with Gasteiger partial charge >= 0.3 is 5.97 Å². The Hall–Kier alpha value is -2.23. The summed E-state index contributed by atoms with van der Waals surface area (Å²) in [4.78, 5) is 10.7. The lowest BCUT2D eigenvalue weighted by Gasteiger charge is -2.09. The fourth-order valence-corrected chi connectivity index (χ4v) is 1.85. The predicted octanol–water partition coefficient (Wildman–Crippen LogP) is 3.26. The molecule has 0 atom stereocenters. The average molecular weight is 248 g/mol. The van der Waals surface area contributed by atoms with Crippen LogP contribution in [0.25, 0.3) is 11.1 Å². The summed E-state index contributed by atoms with van der Waals surface area (Å²) in [6.45, 7) is 0. The Morgan fingerprint density at radius 3 is 2.50 bits per heavy atom. The predicted molar refractivity (Wildman–Crippen MR) is 63.1 cm³/mol. The van der Waals surface area contributed by atoms with Crippen molar-refractivity contribution in [2.75, 3.05) is 0 Å². The molecule has 4 heteroatoms. The first-order chi connectivity index (χ1) is 8.58. The zero-order chi connectivity index (χ0) is 13.1. The molecule has 0 bridgehead atoms. The van der Waals surface area contributed by atoms with Crippen LogP contribution in [-0.2, 0) is 11.2 Å². The van der Waals surface area contributed by atoms with Crippen molar-refractivity contribution in [2.45, 2.75) is 6.42 Å². The number of carboxylic acid groups (broad SMARTS) is 1. The van der Waals surface area contributed by atoms with Crippen LogP contribution in [0.1, 0.15) is 5.56 Å². The molecule has 0 aromatic heterocycles. The Kier molecular flexibility index (Phi) is 3.37. The Morgan fingerprint density at radius 2 is 1.83 bits per heavy atom. The van der Waals surface area contributed by atoms with Gasteiger partial charge < -0.3 is 5.11 Å². The number of carbonyl (C=O) groups is 1. The van der Waals surface area contributed by atoms with E-state index in [4.69, 9.17) is 5.11 Å². The third-order valence-electron chi connectivity index (χ3n) is 2.55. The Bertz CT molecular complexity index is 594. The summed E-state index contributed by atoms with van der Waals surface area (Å²) in [6, 6.07) is 9.64. The van der Waals surface area contributed by atoms with Gasteiger partial charge in [0.15, 0.2) is 0 Å². The second-order valence-corrected chi connectivity index (χ2v) is 3.85. The Morgan fingerprint density at radius 1 is 1.11 bits per heavy atom. The van der Waals surface area contributed by atoms with E-state index in [1.807, 2.05) is 0 Å². The van der Waals surface area contributed by atoms with Crippen LogP contribution in [0.4, 0.5) is 8.78 Å². The molecule has 0 aliphatic heterocycles. The largest absolute Gasteiger partial charge is 0.481 e. The first-order valence-corrected chi connectivity index (χ1v) is 5.33. The highest BCUT2D eigenvalue weighted by molar-refractivity contribution is 5.76. The molecule has 0 unspecified atom stereocenters. The third-order valence-corrected chi connectivity index (χ3v) is 2.55. The van der Waals surface area contributed by atoms with E-state index in [1.54, 1.807) is 6.07 Å². The topological polar surface area (TPSA) is 37.3 Å². The van der Waals surface area contributed by atoms with E-state index >= 15 is 0 Å². The summed E-state index contributed by atoms with van der Waals surface area (Å²) in [7, 11) is 0. The first-order valence-electron chi connectivity index (χ1n) is 5.33. The lowest BCUT2D eigenvalue weighted by molar-refractivity contribution is -0.136. The van der Waals surface area contributed by atoms with Crippen molar-refractivity contribution in [3.8, 4) is 11.1 Å². The highest BCUT2D eigenvalue weighted by atomic mass is 19.1. The fourth-order valence-electron chi connectivity index (χ4n) is 1.85. The number of halogens is 2. The molecule has 2 aromatic carbocycles. The van der Waals surface area contributed by atoms with Crippen LogP contribution in [0.5, 0.6) is 0 Å². The monoisotopic (exact) mass is 248 g/mol. The standard InChI is InChI=1S/C14H10F2O2/c15-11-5-1-3-9(7-11)14-10(8-13(17)18)4-2-6-12(14)16/h1-7H,8H2,(H,17,18). The molecule has 0 fully saturated rings. The van der Waals surface area contributed by atoms with Crippen molar-refractivity contribution < 1.29 is 18.7 Å². The van der Waals surface area contributed by atoms with Crippen molar-refractivity contribution >= 4 is 5.97 Å². The van der Waals surface area contributed by atoms with Gasteiger partial charge in [-0.05, 0) is 29.3 Å². The van der Waals surface area contributed by atoms with Crippen molar-refractivity contribution in [1.29, 1.82) is 0 Å². The molecule has 0 heterocycles. The molecule has 2 nitrogen and oxygen atoms in total. The summed E-state index contributed by atoms with van der Waals surface area (Å²) in [5, 5.41) is 8.79. The summed E-state index contributed by atoms with van der Waals surface area (Å²) in [5.74, 6) is -2.10. The molecule has 0 aliphatic carbocycles. The van der Waals surface area contributed by atoms with Crippen LogP contribution in [0.2, 0.25) is 0 Å². The first kappa shape index (κ1) is 12.2. The van der Waals surface area contributed by atoms with Gasteiger partial charge in [0.1, 0.15) is 11.6 Å². The lowest BCUT2D eigenvalue weighted by atomic mass is 9.97. The van der Waals surface area contributed by atoms with Crippen LogP contribution < -0.4 is 0 Å². The fraction of sp³-hybridized carbons (Fsp3) is 0.0714. The van der Waals surface area contributed by atoms with Gasteiger partial charge in [-0.2, -0.15) is 0 Å². The molecule has 0 saturated heterocycles. The Labute approximate surface area is 103 Å². The van der Waals surface area contributed by atoms with Crippen molar-refractivity contribution in [3.63, 3.8) is 0 Å². The maximum Gasteiger partial charge on any atom is 0.307 e.